The van der Waals surface area contributed by atoms with E-state index in [4.69, 9.17) is 23.2 Å². The second-order valence-electron chi connectivity index (χ2n) is 7.11. The molecule has 0 spiro atoms. The van der Waals surface area contributed by atoms with Crippen LogP contribution in [0.3, 0.4) is 0 Å². The molecule has 0 radical (unpaired) electrons. The summed E-state index contributed by atoms with van der Waals surface area (Å²) in [6.45, 7) is 4.72. The summed E-state index contributed by atoms with van der Waals surface area (Å²) in [7, 11) is 0. The monoisotopic (exact) mass is 397 g/mol. The minimum Gasteiger partial charge on any atom is -0.352 e. The van der Waals surface area contributed by atoms with Gasteiger partial charge in [-0.05, 0) is 43.9 Å². The van der Waals surface area contributed by atoms with Gasteiger partial charge < -0.3 is 10.2 Å². The van der Waals surface area contributed by atoms with Crippen molar-refractivity contribution in [1.82, 2.24) is 15.1 Å². The van der Waals surface area contributed by atoms with Gasteiger partial charge in [0.05, 0.1) is 6.04 Å². The zero-order valence-electron chi connectivity index (χ0n) is 15.0. The summed E-state index contributed by atoms with van der Waals surface area (Å²) < 4.78 is 0. The highest BCUT2D eigenvalue weighted by Crippen LogP contribution is 2.22. The molecule has 3 rings (SSSR count). The van der Waals surface area contributed by atoms with Gasteiger partial charge in [-0.1, -0.05) is 29.3 Å². The van der Waals surface area contributed by atoms with E-state index in [1.807, 2.05) is 17.9 Å². The molecule has 1 aliphatic heterocycles. The van der Waals surface area contributed by atoms with Gasteiger partial charge in [0, 0.05) is 48.7 Å². The van der Waals surface area contributed by atoms with Gasteiger partial charge in [0.15, 0.2) is 0 Å². The van der Waals surface area contributed by atoms with Crippen molar-refractivity contribution in [2.75, 3.05) is 26.2 Å². The summed E-state index contributed by atoms with van der Waals surface area (Å²) in [4.78, 5) is 28.7. The van der Waals surface area contributed by atoms with E-state index < -0.39 is 0 Å². The molecule has 1 unspecified atom stereocenters. The quantitative estimate of drug-likeness (QED) is 0.802. The first-order valence-electron chi connectivity index (χ1n) is 9.20. The lowest BCUT2D eigenvalue weighted by molar-refractivity contribution is -0.134. The van der Waals surface area contributed by atoms with Crippen molar-refractivity contribution in [3.63, 3.8) is 0 Å². The summed E-state index contributed by atoms with van der Waals surface area (Å²) in [5.74, 6) is 0.232. The van der Waals surface area contributed by atoms with Crippen LogP contribution < -0.4 is 5.32 Å². The van der Waals surface area contributed by atoms with Crippen molar-refractivity contribution < 1.29 is 9.59 Å². The molecule has 5 nitrogen and oxygen atoms in total. The summed E-state index contributed by atoms with van der Waals surface area (Å²) in [6.07, 6.45) is 3.23. The smallest absolute Gasteiger partial charge is 0.237 e. The number of hydrogen-bond donors (Lipinski definition) is 1. The van der Waals surface area contributed by atoms with Crippen LogP contribution in [0.5, 0.6) is 0 Å². The third kappa shape index (κ3) is 5.12. The van der Waals surface area contributed by atoms with E-state index in [2.05, 4.69) is 10.2 Å². The highest BCUT2D eigenvalue weighted by molar-refractivity contribution is 6.35. The molecule has 0 bridgehead atoms. The Morgan fingerprint density at radius 3 is 2.50 bits per heavy atom. The van der Waals surface area contributed by atoms with E-state index in [1.54, 1.807) is 12.1 Å². The van der Waals surface area contributed by atoms with Gasteiger partial charge in [-0.15, -0.1) is 0 Å². The van der Waals surface area contributed by atoms with E-state index >= 15 is 0 Å². The predicted molar refractivity (Wildman–Crippen MR) is 104 cm³/mol. The van der Waals surface area contributed by atoms with Gasteiger partial charge in [-0.2, -0.15) is 0 Å². The maximum absolute atomic E-state index is 12.5. The van der Waals surface area contributed by atoms with Crippen LogP contribution in [0.15, 0.2) is 18.2 Å². The average molecular weight is 398 g/mol. The van der Waals surface area contributed by atoms with Crippen LogP contribution in [0.25, 0.3) is 0 Å². The zero-order chi connectivity index (χ0) is 18.7. The van der Waals surface area contributed by atoms with Gasteiger partial charge in [-0.3, -0.25) is 14.5 Å². The second kappa shape index (κ2) is 8.59. The fourth-order valence-corrected chi connectivity index (χ4v) is 3.70. The first-order valence-corrected chi connectivity index (χ1v) is 9.96. The van der Waals surface area contributed by atoms with Crippen molar-refractivity contribution in [2.45, 2.75) is 44.7 Å². The molecule has 1 aliphatic carbocycles. The molecule has 1 saturated heterocycles. The van der Waals surface area contributed by atoms with E-state index in [-0.39, 0.29) is 17.9 Å². The molecule has 7 heteroatoms. The van der Waals surface area contributed by atoms with Crippen molar-refractivity contribution in [3.05, 3.63) is 33.8 Å². The molecule has 142 valence electrons. The van der Waals surface area contributed by atoms with E-state index in [9.17, 15) is 9.59 Å². The third-order valence-corrected chi connectivity index (χ3v) is 5.73. The van der Waals surface area contributed by atoms with Gasteiger partial charge in [0.1, 0.15) is 0 Å². The minimum atomic E-state index is -0.138. The van der Waals surface area contributed by atoms with E-state index in [0.29, 0.717) is 42.0 Å². The summed E-state index contributed by atoms with van der Waals surface area (Å²) >= 11 is 12.1. The largest absolute Gasteiger partial charge is 0.352 e. The Labute approximate surface area is 164 Å². The third-order valence-electron chi connectivity index (χ3n) is 5.14. The normalized spacial score (nSPS) is 19.3. The standard InChI is InChI=1S/C19H25Cl2N3O2/c1-13(19(26)22-16-5-6-16)23-8-10-24(11-9-23)18(25)7-3-14-2-4-15(20)12-17(14)21/h2,4,12-13,16H,3,5-11H2,1H3,(H,22,26). The van der Waals surface area contributed by atoms with Crippen LogP contribution in [0, 0.1) is 0 Å². The number of carbonyl (C=O) groups is 2. The van der Waals surface area contributed by atoms with Gasteiger partial charge in [-0.25, -0.2) is 0 Å². The fourth-order valence-electron chi connectivity index (χ4n) is 3.20. The van der Waals surface area contributed by atoms with E-state index in [1.165, 1.54) is 0 Å². The Kier molecular flexibility index (Phi) is 6.43. The van der Waals surface area contributed by atoms with Crippen LogP contribution in [-0.2, 0) is 16.0 Å². The maximum Gasteiger partial charge on any atom is 0.237 e. The van der Waals surface area contributed by atoms with Gasteiger partial charge >= 0.3 is 0 Å². The van der Waals surface area contributed by atoms with Crippen molar-refractivity contribution >= 4 is 35.0 Å². The summed E-state index contributed by atoms with van der Waals surface area (Å²) in [5, 5.41) is 4.25. The number of piperazine rings is 1. The SMILES string of the molecule is CC(C(=O)NC1CC1)N1CCN(C(=O)CCc2ccc(Cl)cc2Cl)CC1. The number of halogens is 2. The van der Waals surface area contributed by atoms with Gasteiger partial charge in [0.25, 0.3) is 0 Å². The van der Waals surface area contributed by atoms with Crippen LogP contribution in [0.4, 0.5) is 0 Å². The van der Waals surface area contributed by atoms with Crippen LogP contribution >= 0.6 is 23.2 Å². The molecule has 2 aliphatic rings. The number of aryl methyl sites for hydroxylation is 1. The summed E-state index contributed by atoms with van der Waals surface area (Å²) in [6, 6.07) is 5.61. The first-order chi connectivity index (χ1) is 12.4. The number of amides is 2. The molecule has 1 N–H and O–H groups in total. The van der Waals surface area contributed by atoms with Crippen LogP contribution in [0.1, 0.15) is 31.7 Å². The van der Waals surface area contributed by atoms with Crippen LogP contribution in [-0.4, -0.2) is 59.9 Å². The number of nitrogens with one attached hydrogen (secondary N) is 1. The lowest BCUT2D eigenvalue weighted by Gasteiger charge is -2.37. The molecular formula is C19H25Cl2N3O2. The number of hydrogen-bond acceptors (Lipinski definition) is 3. The molecular weight excluding hydrogens is 373 g/mol. The molecule has 1 heterocycles. The highest BCUT2D eigenvalue weighted by Gasteiger charge is 2.30. The minimum absolute atomic E-state index is 0.102. The van der Waals surface area contributed by atoms with Crippen molar-refractivity contribution in [1.29, 1.82) is 0 Å². The highest BCUT2D eigenvalue weighted by atomic mass is 35.5. The van der Waals surface area contributed by atoms with E-state index in [0.717, 1.165) is 31.5 Å². The Morgan fingerprint density at radius 1 is 1.19 bits per heavy atom. The number of benzene rings is 1. The molecule has 2 fully saturated rings. The Bertz CT molecular complexity index is 671. The molecule has 2 amide bonds. The second-order valence-corrected chi connectivity index (χ2v) is 7.95. The molecule has 0 aromatic heterocycles. The topological polar surface area (TPSA) is 52.7 Å². The van der Waals surface area contributed by atoms with Crippen LogP contribution in [0.2, 0.25) is 10.0 Å². The zero-order valence-corrected chi connectivity index (χ0v) is 16.5. The molecule has 1 aromatic rings. The molecule has 1 atom stereocenters. The molecule has 1 saturated carbocycles. The lowest BCUT2D eigenvalue weighted by atomic mass is 10.1. The fraction of sp³-hybridized carbons (Fsp3) is 0.579. The lowest BCUT2D eigenvalue weighted by Crippen LogP contribution is -2.55. The first kappa shape index (κ1) is 19.5. The Balaban J connectivity index is 1.43. The predicted octanol–water partition coefficient (Wildman–Crippen LogP) is 2.74. The van der Waals surface area contributed by atoms with Gasteiger partial charge in [0.2, 0.25) is 11.8 Å². The summed E-state index contributed by atoms with van der Waals surface area (Å²) in [5.41, 5.74) is 0.938. The number of nitrogens with zero attached hydrogens (tertiary/aromatic N) is 2. The van der Waals surface area contributed by atoms with Crippen molar-refractivity contribution in [3.8, 4) is 0 Å². The number of rotatable bonds is 6. The Hall–Kier alpha value is -1.30. The number of carbonyl (C=O) groups excluding carboxylic acids is 2. The van der Waals surface area contributed by atoms with Crippen molar-refractivity contribution in [2.24, 2.45) is 0 Å². The molecule has 26 heavy (non-hydrogen) atoms. The average Bonchev–Trinajstić information content (AvgIpc) is 3.44. The Morgan fingerprint density at radius 2 is 1.88 bits per heavy atom. The molecule has 1 aromatic carbocycles. The maximum atomic E-state index is 12.5.